The van der Waals surface area contributed by atoms with Gasteiger partial charge >= 0.3 is 0 Å². The van der Waals surface area contributed by atoms with Gasteiger partial charge in [-0.3, -0.25) is 0 Å². The Morgan fingerprint density at radius 1 is 1.15 bits per heavy atom. The summed E-state index contributed by atoms with van der Waals surface area (Å²) >= 11 is 11.8. The summed E-state index contributed by atoms with van der Waals surface area (Å²) in [6.07, 6.45) is 1.61. The summed E-state index contributed by atoms with van der Waals surface area (Å²) in [6, 6.07) is 10.4. The van der Waals surface area contributed by atoms with Gasteiger partial charge in [-0.25, -0.2) is 0 Å². The first kappa shape index (κ1) is 14.6. The van der Waals surface area contributed by atoms with E-state index >= 15 is 0 Å². The summed E-state index contributed by atoms with van der Waals surface area (Å²) < 4.78 is 0. The van der Waals surface area contributed by atoms with Gasteiger partial charge in [0.1, 0.15) is 5.76 Å². The second-order valence-electron chi connectivity index (χ2n) is 4.13. The van der Waals surface area contributed by atoms with E-state index < -0.39 is 0 Å². The molecule has 0 heterocycles. The monoisotopic (exact) mass is 309 g/mol. The standard InChI is InChI=1S/C15H13Cl2NO2/c1-2-14(19)10-5-3-4-6-13(10)18-9-7-11(16)15(20)12(17)8-9/h2-8,18-20H,1H3. The molecular weight excluding hydrogens is 297 g/mol. The van der Waals surface area contributed by atoms with Crippen molar-refractivity contribution >= 4 is 40.3 Å². The van der Waals surface area contributed by atoms with Gasteiger partial charge in [-0.15, -0.1) is 0 Å². The largest absolute Gasteiger partial charge is 0.508 e. The molecule has 0 bridgehead atoms. The number of aliphatic hydroxyl groups is 1. The number of aliphatic hydroxyl groups excluding tert-OH is 1. The number of hydrogen-bond donors (Lipinski definition) is 3. The molecule has 0 aliphatic rings. The Morgan fingerprint density at radius 2 is 1.75 bits per heavy atom. The topological polar surface area (TPSA) is 52.5 Å². The molecule has 5 heteroatoms. The van der Waals surface area contributed by atoms with Crippen LogP contribution in [0, 0.1) is 0 Å². The second-order valence-corrected chi connectivity index (χ2v) is 4.95. The number of para-hydroxylation sites is 1. The van der Waals surface area contributed by atoms with Crippen molar-refractivity contribution in [3.63, 3.8) is 0 Å². The van der Waals surface area contributed by atoms with Crippen molar-refractivity contribution in [2.24, 2.45) is 0 Å². The minimum atomic E-state index is -0.150. The van der Waals surface area contributed by atoms with Crippen molar-refractivity contribution in [3.05, 3.63) is 58.1 Å². The average molecular weight is 310 g/mol. The number of halogens is 2. The first-order valence-corrected chi connectivity index (χ1v) is 6.68. The number of nitrogens with one attached hydrogen (secondary N) is 1. The quantitative estimate of drug-likeness (QED) is 0.528. The molecular formula is C15H13Cl2NO2. The Kier molecular flexibility index (Phi) is 4.42. The van der Waals surface area contributed by atoms with E-state index in [4.69, 9.17) is 23.2 Å². The second kappa shape index (κ2) is 6.07. The van der Waals surface area contributed by atoms with Crippen LogP contribution in [0.15, 0.2) is 42.5 Å². The van der Waals surface area contributed by atoms with Crippen LogP contribution in [0.3, 0.4) is 0 Å². The Bertz CT molecular complexity index is 646. The fourth-order valence-electron chi connectivity index (χ4n) is 1.76. The lowest BCUT2D eigenvalue weighted by Crippen LogP contribution is -1.95. The van der Waals surface area contributed by atoms with Gasteiger partial charge in [0, 0.05) is 16.9 Å². The summed E-state index contributed by atoms with van der Waals surface area (Å²) in [4.78, 5) is 0. The number of aromatic hydroxyl groups is 1. The summed E-state index contributed by atoms with van der Waals surface area (Å²) in [5, 5.41) is 22.8. The number of benzene rings is 2. The number of phenols is 1. The molecule has 104 valence electrons. The Morgan fingerprint density at radius 3 is 2.35 bits per heavy atom. The fourth-order valence-corrected chi connectivity index (χ4v) is 2.25. The highest BCUT2D eigenvalue weighted by Gasteiger charge is 2.09. The van der Waals surface area contributed by atoms with Crippen LogP contribution in [0.4, 0.5) is 11.4 Å². The van der Waals surface area contributed by atoms with Crippen LogP contribution in [-0.2, 0) is 0 Å². The van der Waals surface area contributed by atoms with Gasteiger partial charge in [0.05, 0.1) is 10.0 Å². The Balaban J connectivity index is 2.41. The molecule has 0 atom stereocenters. The summed E-state index contributed by atoms with van der Waals surface area (Å²) in [5.74, 6) is 0.0209. The van der Waals surface area contributed by atoms with E-state index in [1.807, 2.05) is 18.2 Å². The van der Waals surface area contributed by atoms with E-state index in [0.717, 1.165) is 0 Å². The van der Waals surface area contributed by atoms with Crippen LogP contribution in [-0.4, -0.2) is 10.2 Å². The van der Waals surface area contributed by atoms with Crippen molar-refractivity contribution in [2.45, 2.75) is 6.92 Å². The van der Waals surface area contributed by atoms with E-state index in [-0.39, 0.29) is 21.6 Å². The molecule has 2 rings (SSSR count). The van der Waals surface area contributed by atoms with Crippen LogP contribution in [0.5, 0.6) is 5.75 Å². The van der Waals surface area contributed by atoms with E-state index in [1.54, 1.807) is 31.2 Å². The summed E-state index contributed by atoms with van der Waals surface area (Å²) in [6.45, 7) is 1.75. The van der Waals surface area contributed by atoms with Gasteiger partial charge in [0.15, 0.2) is 5.75 Å². The first-order chi connectivity index (χ1) is 9.52. The maximum absolute atomic E-state index is 9.87. The molecule has 0 aliphatic carbocycles. The molecule has 0 amide bonds. The Hall–Kier alpha value is -1.84. The number of anilines is 2. The molecule has 0 fully saturated rings. The van der Waals surface area contributed by atoms with Crippen LogP contribution in [0.25, 0.3) is 5.76 Å². The minimum absolute atomic E-state index is 0.150. The van der Waals surface area contributed by atoms with Crippen molar-refractivity contribution in [2.75, 3.05) is 5.32 Å². The molecule has 0 spiro atoms. The zero-order chi connectivity index (χ0) is 14.7. The molecule has 2 aromatic rings. The SMILES string of the molecule is CC=C(O)c1ccccc1Nc1cc(Cl)c(O)c(Cl)c1. The van der Waals surface area contributed by atoms with Crippen LogP contribution in [0.1, 0.15) is 12.5 Å². The molecule has 0 aromatic heterocycles. The van der Waals surface area contributed by atoms with Gasteiger partial charge in [0.2, 0.25) is 0 Å². The van der Waals surface area contributed by atoms with E-state index in [1.165, 1.54) is 0 Å². The van der Waals surface area contributed by atoms with Crippen molar-refractivity contribution in [1.82, 2.24) is 0 Å². The van der Waals surface area contributed by atoms with Gasteiger partial charge < -0.3 is 15.5 Å². The lowest BCUT2D eigenvalue weighted by atomic mass is 10.1. The Labute approximate surface area is 127 Å². The smallest absolute Gasteiger partial charge is 0.152 e. The van der Waals surface area contributed by atoms with Crippen molar-refractivity contribution in [3.8, 4) is 5.75 Å². The highest BCUT2D eigenvalue weighted by atomic mass is 35.5. The number of allylic oxidation sites excluding steroid dienone is 1. The van der Waals surface area contributed by atoms with Crippen LogP contribution in [0.2, 0.25) is 10.0 Å². The molecule has 3 nitrogen and oxygen atoms in total. The highest BCUT2D eigenvalue weighted by Crippen LogP contribution is 2.36. The lowest BCUT2D eigenvalue weighted by molar-refractivity contribution is 0.476. The van der Waals surface area contributed by atoms with E-state index in [0.29, 0.717) is 16.9 Å². The minimum Gasteiger partial charge on any atom is -0.508 e. The normalized spacial score (nSPS) is 11.4. The zero-order valence-electron chi connectivity index (χ0n) is 10.7. The van der Waals surface area contributed by atoms with E-state index in [9.17, 15) is 10.2 Å². The predicted octanol–water partition coefficient (Wildman–Crippen LogP) is 5.36. The number of rotatable bonds is 3. The molecule has 3 N–H and O–H groups in total. The van der Waals surface area contributed by atoms with Crippen LogP contribution < -0.4 is 5.32 Å². The molecule has 0 unspecified atom stereocenters. The highest BCUT2D eigenvalue weighted by molar-refractivity contribution is 6.37. The molecule has 0 radical (unpaired) electrons. The van der Waals surface area contributed by atoms with Gasteiger partial charge in [-0.1, -0.05) is 35.3 Å². The van der Waals surface area contributed by atoms with Crippen molar-refractivity contribution in [1.29, 1.82) is 0 Å². The molecule has 20 heavy (non-hydrogen) atoms. The van der Waals surface area contributed by atoms with Gasteiger partial charge in [-0.2, -0.15) is 0 Å². The van der Waals surface area contributed by atoms with Gasteiger partial charge in [0.25, 0.3) is 0 Å². The van der Waals surface area contributed by atoms with E-state index in [2.05, 4.69) is 5.32 Å². The maximum atomic E-state index is 9.87. The third kappa shape index (κ3) is 3.00. The van der Waals surface area contributed by atoms with Crippen LogP contribution >= 0.6 is 23.2 Å². The fraction of sp³-hybridized carbons (Fsp3) is 0.0667. The summed E-state index contributed by atoms with van der Waals surface area (Å²) in [7, 11) is 0. The first-order valence-electron chi connectivity index (χ1n) is 5.92. The molecule has 0 saturated carbocycles. The maximum Gasteiger partial charge on any atom is 0.152 e. The molecule has 0 saturated heterocycles. The zero-order valence-corrected chi connectivity index (χ0v) is 12.2. The number of hydrogen-bond acceptors (Lipinski definition) is 3. The average Bonchev–Trinajstić information content (AvgIpc) is 2.44. The third-order valence-electron chi connectivity index (χ3n) is 2.77. The third-order valence-corrected chi connectivity index (χ3v) is 3.35. The molecule has 0 aliphatic heterocycles. The summed E-state index contributed by atoms with van der Waals surface area (Å²) in [5.41, 5.74) is 1.99. The van der Waals surface area contributed by atoms with Crippen molar-refractivity contribution < 1.29 is 10.2 Å². The lowest BCUT2D eigenvalue weighted by Gasteiger charge is -2.12. The predicted molar refractivity (Wildman–Crippen MR) is 84.1 cm³/mol. The molecule has 2 aromatic carbocycles. The number of phenolic OH excluding ortho intramolecular Hbond substituents is 1. The van der Waals surface area contributed by atoms with Gasteiger partial charge in [-0.05, 0) is 37.3 Å².